The molecular formula is C15H11ClN4O3. The van der Waals surface area contributed by atoms with Gasteiger partial charge in [0.05, 0.1) is 23.1 Å². The average Bonchev–Trinajstić information content (AvgIpc) is 2.54. The fraction of sp³-hybridized carbons (Fsp3) is 0.0667. The summed E-state index contributed by atoms with van der Waals surface area (Å²) in [5.74, 6) is -0.349. The van der Waals surface area contributed by atoms with Gasteiger partial charge in [-0.1, -0.05) is 17.7 Å². The molecule has 0 saturated heterocycles. The van der Waals surface area contributed by atoms with Gasteiger partial charge in [-0.3, -0.25) is 14.9 Å². The number of amides is 1. The van der Waals surface area contributed by atoms with Crippen molar-refractivity contribution in [2.24, 2.45) is 0 Å². The number of hydrogen-bond acceptors (Lipinski definition) is 5. The summed E-state index contributed by atoms with van der Waals surface area (Å²) in [7, 11) is 0. The minimum atomic E-state index is -0.596. The van der Waals surface area contributed by atoms with Crippen LogP contribution in [-0.2, 0) is 4.79 Å². The summed E-state index contributed by atoms with van der Waals surface area (Å²) in [5, 5.41) is 25.0. The fourth-order valence-corrected chi connectivity index (χ4v) is 2.00. The van der Waals surface area contributed by atoms with Crippen molar-refractivity contribution < 1.29 is 9.72 Å². The lowest BCUT2D eigenvalue weighted by atomic mass is 10.2. The number of rotatable bonds is 5. The number of hydrogen-bond donors (Lipinski definition) is 2. The molecular weight excluding hydrogens is 320 g/mol. The summed E-state index contributed by atoms with van der Waals surface area (Å²) in [5.41, 5.74) is 1.10. The molecule has 0 heterocycles. The molecule has 2 N–H and O–H groups in total. The number of anilines is 2. The highest BCUT2D eigenvalue weighted by Crippen LogP contribution is 2.27. The van der Waals surface area contributed by atoms with Crippen molar-refractivity contribution in [1.29, 1.82) is 5.26 Å². The van der Waals surface area contributed by atoms with Crippen LogP contribution >= 0.6 is 11.6 Å². The Morgan fingerprint density at radius 3 is 2.74 bits per heavy atom. The van der Waals surface area contributed by atoms with Gasteiger partial charge in [0.15, 0.2) is 0 Å². The average molecular weight is 331 g/mol. The van der Waals surface area contributed by atoms with E-state index in [1.165, 1.54) is 12.1 Å². The number of carbonyl (C=O) groups is 1. The molecule has 0 aliphatic rings. The van der Waals surface area contributed by atoms with E-state index in [1.807, 2.05) is 6.07 Å². The third kappa shape index (κ3) is 4.43. The highest BCUT2D eigenvalue weighted by atomic mass is 35.5. The van der Waals surface area contributed by atoms with Crippen LogP contribution in [0.2, 0.25) is 5.02 Å². The van der Waals surface area contributed by atoms with Gasteiger partial charge >= 0.3 is 0 Å². The van der Waals surface area contributed by atoms with Crippen LogP contribution in [0.3, 0.4) is 0 Å². The second kappa shape index (κ2) is 7.24. The first-order valence-corrected chi connectivity index (χ1v) is 6.85. The first-order valence-electron chi connectivity index (χ1n) is 6.47. The Balaban J connectivity index is 1.98. The van der Waals surface area contributed by atoms with Crippen molar-refractivity contribution in [3.05, 3.63) is 63.2 Å². The summed E-state index contributed by atoms with van der Waals surface area (Å²) in [6.07, 6.45) is 0. The van der Waals surface area contributed by atoms with Crippen LogP contribution < -0.4 is 10.6 Å². The normalized spacial score (nSPS) is 9.74. The number of nitrogens with zero attached hydrogens (tertiary/aromatic N) is 2. The van der Waals surface area contributed by atoms with Crippen molar-refractivity contribution in [1.82, 2.24) is 0 Å². The van der Waals surface area contributed by atoms with E-state index < -0.39 is 4.92 Å². The molecule has 0 aliphatic heterocycles. The molecule has 1 amide bonds. The summed E-state index contributed by atoms with van der Waals surface area (Å²) in [4.78, 5) is 22.1. The zero-order valence-electron chi connectivity index (χ0n) is 11.7. The van der Waals surface area contributed by atoms with E-state index in [0.29, 0.717) is 16.9 Å². The minimum absolute atomic E-state index is 0.0262. The lowest BCUT2D eigenvalue weighted by Gasteiger charge is -2.08. The van der Waals surface area contributed by atoms with Crippen LogP contribution in [-0.4, -0.2) is 17.4 Å². The van der Waals surface area contributed by atoms with E-state index in [1.54, 1.807) is 30.3 Å². The zero-order valence-corrected chi connectivity index (χ0v) is 12.5. The molecule has 0 fully saturated rings. The molecule has 0 bridgehead atoms. The van der Waals surface area contributed by atoms with Gasteiger partial charge in [-0.25, -0.2) is 0 Å². The van der Waals surface area contributed by atoms with Gasteiger partial charge in [0, 0.05) is 17.4 Å². The van der Waals surface area contributed by atoms with Crippen LogP contribution in [0.4, 0.5) is 17.1 Å². The maximum Gasteiger partial charge on any atom is 0.289 e. The fourth-order valence-electron chi connectivity index (χ4n) is 1.82. The van der Waals surface area contributed by atoms with E-state index in [9.17, 15) is 14.9 Å². The van der Waals surface area contributed by atoms with Gasteiger partial charge < -0.3 is 10.6 Å². The zero-order chi connectivity index (χ0) is 16.8. The van der Waals surface area contributed by atoms with Crippen molar-refractivity contribution in [3.63, 3.8) is 0 Å². The number of nitrogens with one attached hydrogen (secondary N) is 2. The minimum Gasteiger partial charge on any atom is -0.376 e. The molecule has 7 nitrogen and oxygen atoms in total. The molecule has 0 saturated carbocycles. The quantitative estimate of drug-likeness (QED) is 0.646. The molecule has 0 unspecified atom stereocenters. The topological polar surface area (TPSA) is 108 Å². The van der Waals surface area contributed by atoms with E-state index in [2.05, 4.69) is 10.6 Å². The Morgan fingerprint density at radius 1 is 1.26 bits per heavy atom. The van der Waals surface area contributed by atoms with E-state index in [0.717, 1.165) is 0 Å². The lowest BCUT2D eigenvalue weighted by molar-refractivity contribution is -0.384. The molecule has 0 radical (unpaired) electrons. The standard InChI is InChI=1S/C15H11ClN4O3/c16-13-5-4-11(7-14(13)20(22)23)18-9-15(21)19-12-3-1-2-10(6-12)8-17/h1-7,18H,9H2,(H,19,21). The first-order chi connectivity index (χ1) is 11.0. The third-order valence-corrected chi connectivity index (χ3v) is 3.19. The molecule has 2 rings (SSSR count). The molecule has 0 spiro atoms. The number of nitriles is 1. The number of nitro benzene ring substituents is 1. The predicted octanol–water partition coefficient (Wildman–Crippen LogP) is 3.17. The van der Waals surface area contributed by atoms with Crippen LogP contribution in [0.1, 0.15) is 5.56 Å². The highest BCUT2D eigenvalue weighted by molar-refractivity contribution is 6.32. The largest absolute Gasteiger partial charge is 0.376 e. The van der Waals surface area contributed by atoms with Crippen molar-refractivity contribution in [3.8, 4) is 6.07 Å². The molecule has 0 aromatic heterocycles. The van der Waals surface area contributed by atoms with Crippen molar-refractivity contribution >= 4 is 34.6 Å². The molecule has 23 heavy (non-hydrogen) atoms. The number of halogens is 1. The molecule has 8 heteroatoms. The highest BCUT2D eigenvalue weighted by Gasteiger charge is 2.13. The third-order valence-electron chi connectivity index (χ3n) is 2.87. The van der Waals surface area contributed by atoms with Crippen LogP contribution in [0, 0.1) is 21.4 Å². The van der Waals surface area contributed by atoms with Crippen molar-refractivity contribution in [2.75, 3.05) is 17.2 Å². The lowest BCUT2D eigenvalue weighted by Crippen LogP contribution is -2.21. The SMILES string of the molecule is N#Cc1cccc(NC(=O)CNc2ccc(Cl)c([N+](=O)[O-])c2)c1. The number of benzene rings is 2. The summed E-state index contributed by atoms with van der Waals surface area (Å²) >= 11 is 5.71. The monoisotopic (exact) mass is 330 g/mol. The molecule has 0 atom stereocenters. The van der Waals surface area contributed by atoms with Gasteiger partial charge in [0.25, 0.3) is 5.69 Å². The van der Waals surface area contributed by atoms with E-state index in [4.69, 9.17) is 16.9 Å². The van der Waals surface area contributed by atoms with Gasteiger partial charge in [0.2, 0.25) is 5.91 Å². The molecule has 2 aromatic carbocycles. The number of carbonyl (C=O) groups excluding carboxylic acids is 1. The Kier molecular flexibility index (Phi) is 5.12. The smallest absolute Gasteiger partial charge is 0.289 e. The molecule has 2 aromatic rings. The van der Waals surface area contributed by atoms with Crippen LogP contribution in [0.5, 0.6) is 0 Å². The van der Waals surface area contributed by atoms with Gasteiger partial charge in [-0.15, -0.1) is 0 Å². The summed E-state index contributed by atoms with van der Waals surface area (Å²) < 4.78 is 0. The van der Waals surface area contributed by atoms with E-state index >= 15 is 0 Å². The Bertz CT molecular complexity index is 802. The van der Waals surface area contributed by atoms with Crippen LogP contribution in [0.25, 0.3) is 0 Å². The van der Waals surface area contributed by atoms with Crippen LogP contribution in [0.15, 0.2) is 42.5 Å². The number of nitro groups is 1. The predicted molar refractivity (Wildman–Crippen MR) is 86.4 cm³/mol. The van der Waals surface area contributed by atoms with Gasteiger partial charge in [-0.05, 0) is 30.3 Å². The van der Waals surface area contributed by atoms with Gasteiger partial charge in [0.1, 0.15) is 5.02 Å². The van der Waals surface area contributed by atoms with E-state index in [-0.39, 0.29) is 23.2 Å². The Morgan fingerprint density at radius 2 is 2.04 bits per heavy atom. The second-order valence-corrected chi connectivity index (χ2v) is 4.92. The summed E-state index contributed by atoms with van der Waals surface area (Å²) in [6, 6.07) is 12.6. The van der Waals surface area contributed by atoms with Crippen molar-refractivity contribution in [2.45, 2.75) is 0 Å². The summed E-state index contributed by atoms with van der Waals surface area (Å²) in [6.45, 7) is -0.0877. The Labute approximate surface area is 136 Å². The molecule has 0 aliphatic carbocycles. The van der Waals surface area contributed by atoms with Gasteiger partial charge in [-0.2, -0.15) is 5.26 Å². The second-order valence-electron chi connectivity index (χ2n) is 4.52. The Hall–Kier alpha value is -3.11. The first kappa shape index (κ1) is 16.3. The maximum absolute atomic E-state index is 11.9. The maximum atomic E-state index is 11.9. The molecule has 116 valence electrons.